The summed E-state index contributed by atoms with van der Waals surface area (Å²) in [6.45, 7) is 1.97. The van der Waals surface area contributed by atoms with E-state index in [1.807, 2.05) is 6.92 Å². The summed E-state index contributed by atoms with van der Waals surface area (Å²) in [4.78, 5) is 22.7. The Bertz CT molecular complexity index is 442. The summed E-state index contributed by atoms with van der Waals surface area (Å²) in [5.41, 5.74) is 0. The van der Waals surface area contributed by atoms with Gasteiger partial charge in [0, 0.05) is 0 Å². The number of carbonyl (C=O) groups is 2. The van der Waals surface area contributed by atoms with Crippen LogP contribution in [0.5, 0.6) is 0 Å². The van der Waals surface area contributed by atoms with Gasteiger partial charge < -0.3 is 10.4 Å². The lowest BCUT2D eigenvalue weighted by molar-refractivity contribution is -0.141. The predicted molar refractivity (Wildman–Crippen MR) is 75.1 cm³/mol. The third-order valence-corrected chi connectivity index (χ3v) is 4.92. The van der Waals surface area contributed by atoms with Crippen molar-refractivity contribution in [3.8, 4) is 0 Å². The molecule has 1 aliphatic rings. The Morgan fingerprint density at radius 1 is 1.30 bits per heavy atom. The Hall–Kier alpha value is -1.11. The van der Waals surface area contributed by atoms with E-state index in [-0.39, 0.29) is 5.75 Å². The van der Waals surface area contributed by atoms with Gasteiger partial charge in [-0.1, -0.05) is 32.6 Å². The van der Waals surface area contributed by atoms with Crippen LogP contribution < -0.4 is 5.32 Å². The van der Waals surface area contributed by atoms with Gasteiger partial charge in [-0.05, 0) is 18.8 Å². The lowest BCUT2D eigenvalue weighted by Crippen LogP contribution is -2.43. The molecule has 6 nitrogen and oxygen atoms in total. The van der Waals surface area contributed by atoms with Gasteiger partial charge in [0.1, 0.15) is 11.8 Å². The molecule has 1 atom stereocenters. The van der Waals surface area contributed by atoms with E-state index in [2.05, 4.69) is 5.32 Å². The molecule has 1 rings (SSSR count). The molecule has 0 aliphatic heterocycles. The van der Waals surface area contributed by atoms with Crippen LogP contribution >= 0.6 is 0 Å². The van der Waals surface area contributed by atoms with Gasteiger partial charge in [0.25, 0.3) is 0 Å². The molecule has 7 heteroatoms. The number of sulfone groups is 1. The number of hydrogen-bond donors (Lipinski definition) is 2. The van der Waals surface area contributed by atoms with Gasteiger partial charge in [-0.2, -0.15) is 0 Å². The number of amides is 1. The first-order chi connectivity index (χ1) is 9.34. The van der Waals surface area contributed by atoms with E-state index in [1.165, 1.54) is 0 Å². The lowest BCUT2D eigenvalue weighted by atomic mass is 10.1. The van der Waals surface area contributed by atoms with Crippen LogP contribution in [0.25, 0.3) is 0 Å². The molecule has 0 spiro atoms. The van der Waals surface area contributed by atoms with Crippen LogP contribution in [0, 0.1) is 5.92 Å². The summed E-state index contributed by atoms with van der Waals surface area (Å²) in [6.07, 6.45) is 4.60. The molecule has 0 aromatic rings. The maximum Gasteiger partial charge on any atom is 0.326 e. The molecule has 0 heterocycles. The molecule has 20 heavy (non-hydrogen) atoms. The van der Waals surface area contributed by atoms with Crippen molar-refractivity contribution in [2.24, 2.45) is 5.92 Å². The summed E-state index contributed by atoms with van der Waals surface area (Å²) in [5, 5.41) is 11.3. The van der Waals surface area contributed by atoms with Crippen molar-refractivity contribution in [3.63, 3.8) is 0 Å². The van der Waals surface area contributed by atoms with Crippen LogP contribution in [0.2, 0.25) is 0 Å². The Labute approximate surface area is 119 Å². The summed E-state index contributed by atoms with van der Waals surface area (Å²) < 4.78 is 23.4. The summed E-state index contributed by atoms with van der Waals surface area (Å²) in [5.74, 6) is -2.11. The van der Waals surface area contributed by atoms with Crippen molar-refractivity contribution < 1.29 is 23.1 Å². The molecule has 0 saturated heterocycles. The summed E-state index contributed by atoms with van der Waals surface area (Å²) in [6, 6.07) is -0.971. The van der Waals surface area contributed by atoms with E-state index in [0.29, 0.717) is 18.8 Å². The van der Waals surface area contributed by atoms with Gasteiger partial charge in [-0.3, -0.25) is 4.79 Å². The predicted octanol–water partition coefficient (Wildman–Crippen LogP) is 0.961. The first kappa shape index (κ1) is 16.9. The minimum absolute atomic E-state index is 0.0192. The Morgan fingerprint density at radius 3 is 2.45 bits per heavy atom. The molecular formula is C13H23NO5S. The number of carboxylic acid groups (broad SMARTS) is 1. The van der Waals surface area contributed by atoms with Crippen molar-refractivity contribution in [3.05, 3.63) is 0 Å². The van der Waals surface area contributed by atoms with Crippen LogP contribution in [-0.2, 0) is 19.4 Å². The van der Waals surface area contributed by atoms with Crippen molar-refractivity contribution in [2.75, 3.05) is 11.5 Å². The Balaban J connectivity index is 2.41. The molecule has 2 N–H and O–H groups in total. The number of rotatable bonds is 10. The normalized spacial score (nSPS) is 16.6. The molecule has 0 aromatic carbocycles. The average molecular weight is 305 g/mol. The van der Waals surface area contributed by atoms with E-state index in [9.17, 15) is 18.0 Å². The zero-order chi connectivity index (χ0) is 15.2. The number of aliphatic carboxylic acids is 1. The molecule has 116 valence electrons. The number of nitrogens with one attached hydrogen (secondary N) is 1. The van der Waals surface area contributed by atoms with E-state index in [0.717, 1.165) is 25.7 Å². The van der Waals surface area contributed by atoms with Gasteiger partial charge in [0.05, 0.1) is 5.75 Å². The highest BCUT2D eigenvalue weighted by molar-refractivity contribution is 7.92. The Kier molecular flexibility index (Phi) is 6.45. The highest BCUT2D eigenvalue weighted by Crippen LogP contribution is 2.33. The fourth-order valence-electron chi connectivity index (χ4n) is 1.99. The van der Waals surface area contributed by atoms with Gasteiger partial charge in [0.2, 0.25) is 5.91 Å². The third-order valence-electron chi connectivity index (χ3n) is 3.31. The first-order valence-corrected chi connectivity index (χ1v) is 8.88. The quantitative estimate of drug-likeness (QED) is 0.586. The van der Waals surface area contributed by atoms with E-state index < -0.39 is 33.5 Å². The maximum absolute atomic E-state index is 11.7. The van der Waals surface area contributed by atoms with Gasteiger partial charge in [-0.15, -0.1) is 0 Å². The molecule has 1 amide bonds. The third kappa shape index (κ3) is 6.88. The molecule has 0 aromatic heterocycles. The van der Waals surface area contributed by atoms with E-state index in [1.54, 1.807) is 0 Å². The number of carbonyl (C=O) groups excluding carboxylic acids is 1. The monoisotopic (exact) mass is 305 g/mol. The molecule has 1 unspecified atom stereocenters. The molecule has 1 aliphatic carbocycles. The standard InChI is InChI=1S/C13H23NO5S/c1-2-3-4-7-20(18,19)9-12(15)14-11(13(16)17)8-10-5-6-10/h10-11H,2-9H2,1H3,(H,14,15)(H,16,17). The maximum atomic E-state index is 11.7. The SMILES string of the molecule is CCCCCS(=O)(=O)CC(=O)NC(CC1CC1)C(=O)O. The van der Waals surface area contributed by atoms with E-state index >= 15 is 0 Å². The van der Waals surface area contributed by atoms with Crippen LogP contribution in [0.4, 0.5) is 0 Å². The zero-order valence-electron chi connectivity index (χ0n) is 11.8. The van der Waals surface area contributed by atoms with Crippen molar-refractivity contribution in [1.82, 2.24) is 5.32 Å². The smallest absolute Gasteiger partial charge is 0.326 e. The minimum Gasteiger partial charge on any atom is -0.480 e. The van der Waals surface area contributed by atoms with Crippen molar-refractivity contribution in [1.29, 1.82) is 0 Å². The lowest BCUT2D eigenvalue weighted by Gasteiger charge is -2.14. The molecule has 1 saturated carbocycles. The number of hydrogen-bond acceptors (Lipinski definition) is 4. The fourth-order valence-corrected chi connectivity index (χ4v) is 3.26. The Morgan fingerprint density at radius 2 is 1.95 bits per heavy atom. The number of carboxylic acids is 1. The van der Waals surface area contributed by atoms with Gasteiger partial charge in [0.15, 0.2) is 9.84 Å². The van der Waals surface area contributed by atoms with E-state index in [4.69, 9.17) is 5.11 Å². The largest absolute Gasteiger partial charge is 0.480 e. The first-order valence-electron chi connectivity index (χ1n) is 7.06. The summed E-state index contributed by atoms with van der Waals surface area (Å²) in [7, 11) is -3.44. The topological polar surface area (TPSA) is 101 Å². The zero-order valence-corrected chi connectivity index (χ0v) is 12.6. The minimum atomic E-state index is -3.44. The van der Waals surface area contributed by atoms with Crippen LogP contribution in [0.15, 0.2) is 0 Å². The van der Waals surface area contributed by atoms with Crippen molar-refractivity contribution in [2.45, 2.75) is 51.5 Å². The van der Waals surface area contributed by atoms with Gasteiger partial charge in [-0.25, -0.2) is 13.2 Å². The number of unbranched alkanes of at least 4 members (excludes halogenated alkanes) is 2. The highest BCUT2D eigenvalue weighted by atomic mass is 32.2. The second kappa shape index (κ2) is 7.61. The second-order valence-corrected chi connectivity index (χ2v) is 7.62. The average Bonchev–Trinajstić information content (AvgIpc) is 3.11. The molecular weight excluding hydrogens is 282 g/mol. The summed E-state index contributed by atoms with van der Waals surface area (Å²) >= 11 is 0. The second-order valence-electron chi connectivity index (χ2n) is 5.44. The van der Waals surface area contributed by atoms with Gasteiger partial charge >= 0.3 is 5.97 Å². The molecule has 0 radical (unpaired) electrons. The molecule has 1 fully saturated rings. The van der Waals surface area contributed by atoms with Crippen molar-refractivity contribution >= 4 is 21.7 Å². The van der Waals surface area contributed by atoms with Crippen LogP contribution in [0.1, 0.15) is 45.4 Å². The van der Waals surface area contributed by atoms with Crippen LogP contribution in [-0.4, -0.2) is 42.9 Å². The molecule has 0 bridgehead atoms. The highest BCUT2D eigenvalue weighted by Gasteiger charge is 2.30. The van der Waals surface area contributed by atoms with Crippen LogP contribution in [0.3, 0.4) is 0 Å². The fraction of sp³-hybridized carbons (Fsp3) is 0.846.